The first-order chi connectivity index (χ1) is 11.1. The van der Waals surface area contributed by atoms with Crippen LogP contribution in [0.2, 0.25) is 0 Å². The number of hydrogen-bond acceptors (Lipinski definition) is 2. The summed E-state index contributed by atoms with van der Waals surface area (Å²) in [5, 5.41) is 7.18. The van der Waals surface area contributed by atoms with Crippen molar-refractivity contribution < 1.29 is 0 Å². The molecule has 2 aliphatic carbocycles. The van der Waals surface area contributed by atoms with Gasteiger partial charge in [0, 0.05) is 38.3 Å². The number of likely N-dealkylation sites (tertiary alicyclic amines) is 1. The summed E-state index contributed by atoms with van der Waals surface area (Å²) in [7, 11) is 0. The molecule has 0 aromatic heterocycles. The molecule has 1 heterocycles. The third kappa shape index (κ3) is 4.20. The fourth-order valence-corrected chi connectivity index (χ4v) is 4.33. The van der Waals surface area contributed by atoms with Crippen LogP contribution < -0.4 is 10.6 Å². The molecule has 1 aliphatic heterocycles. The van der Waals surface area contributed by atoms with Gasteiger partial charge in [0.2, 0.25) is 0 Å². The van der Waals surface area contributed by atoms with E-state index in [9.17, 15) is 0 Å². The maximum absolute atomic E-state index is 5.00. The van der Waals surface area contributed by atoms with Crippen LogP contribution in [0.3, 0.4) is 0 Å². The number of nitrogens with zero attached hydrogens (tertiary/aromatic N) is 2. The van der Waals surface area contributed by atoms with Crippen LogP contribution in [0.4, 0.5) is 0 Å². The molecule has 0 spiro atoms. The third-order valence-electron chi connectivity index (χ3n) is 6.29. The van der Waals surface area contributed by atoms with E-state index < -0.39 is 0 Å². The van der Waals surface area contributed by atoms with Crippen molar-refractivity contribution in [2.75, 3.05) is 26.2 Å². The molecule has 3 rings (SSSR count). The van der Waals surface area contributed by atoms with Crippen LogP contribution in [0.25, 0.3) is 0 Å². The highest BCUT2D eigenvalue weighted by Gasteiger charge is 2.48. The molecule has 2 N–H and O–H groups in total. The molecule has 0 aromatic carbocycles. The molecular weight excluding hydrogens is 284 g/mol. The van der Waals surface area contributed by atoms with E-state index in [1.807, 2.05) is 0 Å². The van der Waals surface area contributed by atoms with Crippen LogP contribution in [-0.2, 0) is 0 Å². The Hall–Kier alpha value is -0.770. The smallest absolute Gasteiger partial charge is 0.191 e. The molecule has 4 heteroatoms. The summed E-state index contributed by atoms with van der Waals surface area (Å²) in [6.07, 6.45) is 9.61. The standard InChI is InChI=1S/C19H36N4/c1-4-20-18(21-14-19(10-5-11-19)16-6-7-16)22-17-8-12-23(13-9-17)15(2)3/h15-17H,4-14H2,1-3H3,(H2,20,21,22). The van der Waals surface area contributed by atoms with Crippen LogP contribution in [0, 0.1) is 11.3 Å². The van der Waals surface area contributed by atoms with Crippen molar-refractivity contribution in [2.45, 2.75) is 77.8 Å². The Kier molecular flexibility index (Phi) is 5.50. The summed E-state index contributed by atoms with van der Waals surface area (Å²) >= 11 is 0. The maximum Gasteiger partial charge on any atom is 0.191 e. The van der Waals surface area contributed by atoms with Crippen molar-refractivity contribution in [3.05, 3.63) is 0 Å². The zero-order valence-corrected chi connectivity index (χ0v) is 15.4. The van der Waals surface area contributed by atoms with Gasteiger partial charge < -0.3 is 15.5 Å². The first-order valence-corrected chi connectivity index (χ1v) is 9.92. The highest BCUT2D eigenvalue weighted by atomic mass is 15.2. The normalized spacial score (nSPS) is 26.2. The Balaban J connectivity index is 1.51. The predicted molar refractivity (Wildman–Crippen MR) is 97.9 cm³/mol. The van der Waals surface area contributed by atoms with E-state index in [0.717, 1.165) is 25.0 Å². The van der Waals surface area contributed by atoms with E-state index in [4.69, 9.17) is 4.99 Å². The second kappa shape index (κ2) is 7.42. The molecule has 132 valence electrons. The Morgan fingerprint density at radius 3 is 2.35 bits per heavy atom. The van der Waals surface area contributed by atoms with Crippen LogP contribution in [-0.4, -0.2) is 49.1 Å². The van der Waals surface area contributed by atoms with Crippen molar-refractivity contribution in [3.63, 3.8) is 0 Å². The number of hydrogen-bond donors (Lipinski definition) is 2. The summed E-state index contributed by atoms with van der Waals surface area (Å²) in [5.74, 6) is 2.04. The predicted octanol–water partition coefficient (Wildman–Crippen LogP) is 2.99. The highest BCUT2D eigenvalue weighted by molar-refractivity contribution is 5.80. The van der Waals surface area contributed by atoms with Crippen LogP contribution in [0.5, 0.6) is 0 Å². The Morgan fingerprint density at radius 1 is 1.17 bits per heavy atom. The number of guanidine groups is 1. The fraction of sp³-hybridized carbons (Fsp3) is 0.947. The van der Waals surface area contributed by atoms with Gasteiger partial charge in [-0.05, 0) is 70.6 Å². The summed E-state index contributed by atoms with van der Waals surface area (Å²) in [6, 6.07) is 1.26. The minimum atomic E-state index is 0.573. The van der Waals surface area contributed by atoms with Crippen molar-refractivity contribution in [1.82, 2.24) is 15.5 Å². The van der Waals surface area contributed by atoms with Gasteiger partial charge in [-0.2, -0.15) is 0 Å². The second-order valence-corrected chi connectivity index (χ2v) is 8.23. The van der Waals surface area contributed by atoms with E-state index in [-0.39, 0.29) is 0 Å². The second-order valence-electron chi connectivity index (χ2n) is 8.23. The molecule has 23 heavy (non-hydrogen) atoms. The van der Waals surface area contributed by atoms with E-state index in [1.54, 1.807) is 0 Å². The van der Waals surface area contributed by atoms with Crippen molar-refractivity contribution in [1.29, 1.82) is 0 Å². The molecule has 0 amide bonds. The first-order valence-electron chi connectivity index (χ1n) is 9.92. The minimum Gasteiger partial charge on any atom is -0.357 e. The monoisotopic (exact) mass is 320 g/mol. The molecule has 3 fully saturated rings. The lowest BCUT2D eigenvalue weighted by molar-refractivity contribution is 0.113. The Bertz CT molecular complexity index is 402. The largest absolute Gasteiger partial charge is 0.357 e. The molecule has 0 radical (unpaired) electrons. The lowest BCUT2D eigenvalue weighted by Crippen LogP contribution is -2.50. The van der Waals surface area contributed by atoms with Gasteiger partial charge in [0.25, 0.3) is 0 Å². The zero-order valence-electron chi connectivity index (χ0n) is 15.4. The summed E-state index contributed by atoms with van der Waals surface area (Å²) < 4.78 is 0. The van der Waals surface area contributed by atoms with E-state index in [1.165, 1.54) is 58.0 Å². The lowest BCUT2D eigenvalue weighted by atomic mass is 9.65. The number of aliphatic imine (C=N–C) groups is 1. The lowest BCUT2D eigenvalue weighted by Gasteiger charge is -2.41. The summed E-state index contributed by atoms with van der Waals surface area (Å²) in [5.41, 5.74) is 0.573. The van der Waals surface area contributed by atoms with Gasteiger partial charge >= 0.3 is 0 Å². The molecule has 0 aromatic rings. The van der Waals surface area contributed by atoms with Gasteiger partial charge in [0.1, 0.15) is 0 Å². The minimum absolute atomic E-state index is 0.573. The van der Waals surface area contributed by atoms with Gasteiger partial charge in [0.05, 0.1) is 0 Å². The van der Waals surface area contributed by atoms with Gasteiger partial charge in [-0.3, -0.25) is 4.99 Å². The first kappa shape index (κ1) is 17.1. The van der Waals surface area contributed by atoms with E-state index in [2.05, 4.69) is 36.3 Å². The van der Waals surface area contributed by atoms with E-state index >= 15 is 0 Å². The summed E-state index contributed by atoms with van der Waals surface area (Å²) in [4.78, 5) is 7.58. The molecule has 3 aliphatic rings. The number of piperidine rings is 1. The van der Waals surface area contributed by atoms with Gasteiger partial charge in [-0.25, -0.2) is 0 Å². The molecule has 1 saturated heterocycles. The SMILES string of the molecule is CCNC(=NCC1(C2CC2)CCC1)NC1CCN(C(C)C)CC1. The van der Waals surface area contributed by atoms with Gasteiger partial charge in [0.15, 0.2) is 5.96 Å². The van der Waals surface area contributed by atoms with Crippen LogP contribution in [0.15, 0.2) is 4.99 Å². The van der Waals surface area contributed by atoms with Crippen LogP contribution >= 0.6 is 0 Å². The maximum atomic E-state index is 5.00. The molecule has 2 saturated carbocycles. The van der Waals surface area contributed by atoms with Crippen LogP contribution in [0.1, 0.15) is 65.7 Å². The van der Waals surface area contributed by atoms with Crippen molar-refractivity contribution in [2.24, 2.45) is 16.3 Å². The molecular formula is C19H36N4. The van der Waals surface area contributed by atoms with E-state index in [0.29, 0.717) is 17.5 Å². The third-order valence-corrected chi connectivity index (χ3v) is 6.29. The summed E-state index contributed by atoms with van der Waals surface area (Å²) in [6.45, 7) is 11.2. The molecule has 0 atom stereocenters. The fourth-order valence-electron chi connectivity index (χ4n) is 4.33. The number of nitrogens with one attached hydrogen (secondary N) is 2. The van der Waals surface area contributed by atoms with Crippen molar-refractivity contribution >= 4 is 5.96 Å². The average molecular weight is 321 g/mol. The highest BCUT2D eigenvalue weighted by Crippen LogP contribution is 2.57. The quantitative estimate of drug-likeness (QED) is 0.584. The average Bonchev–Trinajstić information content (AvgIpc) is 3.32. The van der Waals surface area contributed by atoms with Gasteiger partial charge in [-0.1, -0.05) is 6.42 Å². The van der Waals surface area contributed by atoms with Crippen molar-refractivity contribution in [3.8, 4) is 0 Å². The zero-order chi connectivity index (χ0) is 16.3. The molecule has 4 nitrogen and oxygen atoms in total. The Labute approximate surface area is 142 Å². The molecule has 0 unspecified atom stereocenters. The molecule has 0 bridgehead atoms. The Morgan fingerprint density at radius 2 is 1.87 bits per heavy atom. The topological polar surface area (TPSA) is 39.7 Å². The number of rotatable bonds is 6. The van der Waals surface area contributed by atoms with Gasteiger partial charge in [-0.15, -0.1) is 0 Å².